The van der Waals surface area contributed by atoms with Crippen molar-refractivity contribution >= 4 is 22.7 Å². The predicted molar refractivity (Wildman–Crippen MR) is 73.6 cm³/mol. The zero-order valence-corrected chi connectivity index (χ0v) is 10.4. The molecule has 0 fully saturated rings. The van der Waals surface area contributed by atoms with E-state index in [-0.39, 0.29) is 0 Å². The molecular formula is C15H13NS. The first-order chi connectivity index (χ1) is 8.34. The van der Waals surface area contributed by atoms with E-state index in [9.17, 15) is 0 Å². The second-order valence-electron chi connectivity index (χ2n) is 4.07. The number of hydrogen-bond donors (Lipinski definition) is 1. The summed E-state index contributed by atoms with van der Waals surface area (Å²) in [5.74, 6) is 0. The van der Waals surface area contributed by atoms with Gasteiger partial charge in [0.2, 0.25) is 0 Å². The third-order valence-corrected chi connectivity index (χ3v) is 3.90. The van der Waals surface area contributed by atoms with Gasteiger partial charge in [-0.1, -0.05) is 42.1 Å². The standard InChI is InChI=1S/C15H13NS/c1-11-6-5-9-13-15(11)14(10-16-13)17-12-7-3-2-4-8-12/h2-10,16H,1H3. The summed E-state index contributed by atoms with van der Waals surface area (Å²) in [7, 11) is 0. The molecular weight excluding hydrogens is 226 g/mol. The molecule has 0 amide bonds. The van der Waals surface area contributed by atoms with Gasteiger partial charge in [-0.3, -0.25) is 0 Å². The molecule has 0 bridgehead atoms. The molecule has 0 aliphatic carbocycles. The minimum Gasteiger partial charge on any atom is -0.360 e. The van der Waals surface area contributed by atoms with E-state index in [1.165, 1.54) is 26.3 Å². The smallest absolute Gasteiger partial charge is 0.0468 e. The van der Waals surface area contributed by atoms with Crippen molar-refractivity contribution in [3.05, 3.63) is 60.3 Å². The normalized spacial score (nSPS) is 10.9. The van der Waals surface area contributed by atoms with Gasteiger partial charge < -0.3 is 4.98 Å². The zero-order chi connectivity index (χ0) is 11.7. The summed E-state index contributed by atoms with van der Waals surface area (Å²) < 4.78 is 0. The number of rotatable bonds is 2. The zero-order valence-electron chi connectivity index (χ0n) is 9.60. The molecule has 3 aromatic rings. The van der Waals surface area contributed by atoms with Gasteiger partial charge in [-0.2, -0.15) is 0 Å². The number of hydrogen-bond acceptors (Lipinski definition) is 1. The van der Waals surface area contributed by atoms with Crippen molar-refractivity contribution in [3.63, 3.8) is 0 Å². The summed E-state index contributed by atoms with van der Waals surface area (Å²) in [5.41, 5.74) is 2.53. The second kappa shape index (κ2) is 4.30. The van der Waals surface area contributed by atoms with Gasteiger partial charge in [-0.15, -0.1) is 0 Å². The number of fused-ring (bicyclic) bond motifs is 1. The van der Waals surface area contributed by atoms with Crippen molar-refractivity contribution in [2.45, 2.75) is 16.7 Å². The average Bonchev–Trinajstić information content (AvgIpc) is 2.75. The van der Waals surface area contributed by atoms with Gasteiger partial charge in [0, 0.05) is 26.9 Å². The van der Waals surface area contributed by atoms with Crippen LogP contribution in [0.25, 0.3) is 10.9 Å². The first kappa shape index (κ1) is 10.5. The van der Waals surface area contributed by atoms with Gasteiger partial charge in [-0.05, 0) is 30.7 Å². The second-order valence-corrected chi connectivity index (χ2v) is 5.18. The van der Waals surface area contributed by atoms with Crippen LogP contribution in [0, 0.1) is 6.92 Å². The Balaban J connectivity index is 2.07. The Hall–Kier alpha value is -1.67. The molecule has 0 saturated carbocycles. The van der Waals surface area contributed by atoms with Crippen LogP contribution in [0.1, 0.15) is 5.56 Å². The molecule has 84 valence electrons. The highest BCUT2D eigenvalue weighted by atomic mass is 32.2. The Morgan fingerprint density at radius 3 is 2.59 bits per heavy atom. The summed E-state index contributed by atoms with van der Waals surface area (Å²) in [4.78, 5) is 5.90. The van der Waals surface area contributed by atoms with Crippen LogP contribution in [0.5, 0.6) is 0 Å². The van der Waals surface area contributed by atoms with E-state index in [0.29, 0.717) is 0 Å². The quantitative estimate of drug-likeness (QED) is 0.689. The molecule has 2 aromatic carbocycles. The van der Waals surface area contributed by atoms with E-state index in [4.69, 9.17) is 0 Å². The van der Waals surface area contributed by atoms with E-state index < -0.39 is 0 Å². The predicted octanol–water partition coefficient (Wildman–Crippen LogP) is 4.63. The van der Waals surface area contributed by atoms with Gasteiger partial charge >= 0.3 is 0 Å². The van der Waals surface area contributed by atoms with Crippen molar-refractivity contribution in [2.24, 2.45) is 0 Å². The van der Waals surface area contributed by atoms with E-state index in [1.807, 2.05) is 6.07 Å². The Morgan fingerprint density at radius 2 is 1.76 bits per heavy atom. The number of benzene rings is 2. The Kier molecular flexibility index (Phi) is 2.65. The summed E-state index contributed by atoms with van der Waals surface area (Å²) in [6.45, 7) is 2.16. The molecule has 0 atom stereocenters. The molecule has 1 nitrogen and oxygen atoms in total. The molecule has 1 aromatic heterocycles. The Morgan fingerprint density at radius 1 is 0.941 bits per heavy atom. The minimum absolute atomic E-state index is 1.21. The fraction of sp³-hybridized carbons (Fsp3) is 0.0667. The van der Waals surface area contributed by atoms with Crippen LogP contribution in [0.3, 0.4) is 0 Å². The van der Waals surface area contributed by atoms with E-state index in [2.05, 4.69) is 60.6 Å². The highest BCUT2D eigenvalue weighted by Crippen LogP contribution is 2.34. The van der Waals surface area contributed by atoms with E-state index in [0.717, 1.165) is 0 Å². The fourth-order valence-electron chi connectivity index (χ4n) is 2.03. The molecule has 0 saturated heterocycles. The SMILES string of the molecule is Cc1cccc2[nH]cc(Sc3ccccc3)c12. The summed E-state index contributed by atoms with van der Waals surface area (Å²) in [6.07, 6.45) is 2.09. The van der Waals surface area contributed by atoms with Crippen LogP contribution in [-0.4, -0.2) is 4.98 Å². The monoisotopic (exact) mass is 239 g/mol. The van der Waals surface area contributed by atoms with Crippen molar-refractivity contribution in [3.8, 4) is 0 Å². The maximum Gasteiger partial charge on any atom is 0.0468 e. The van der Waals surface area contributed by atoms with E-state index >= 15 is 0 Å². The molecule has 0 aliphatic rings. The van der Waals surface area contributed by atoms with Gasteiger partial charge in [0.25, 0.3) is 0 Å². The lowest BCUT2D eigenvalue weighted by molar-refractivity contribution is 1.39. The molecule has 2 heteroatoms. The van der Waals surface area contributed by atoms with Crippen molar-refractivity contribution in [2.75, 3.05) is 0 Å². The number of aryl methyl sites for hydroxylation is 1. The molecule has 0 aliphatic heterocycles. The van der Waals surface area contributed by atoms with Crippen LogP contribution < -0.4 is 0 Å². The molecule has 17 heavy (non-hydrogen) atoms. The van der Waals surface area contributed by atoms with E-state index in [1.54, 1.807) is 11.8 Å². The van der Waals surface area contributed by atoms with Crippen LogP contribution in [-0.2, 0) is 0 Å². The third kappa shape index (κ3) is 1.96. The minimum atomic E-state index is 1.21. The molecule has 0 unspecified atom stereocenters. The largest absolute Gasteiger partial charge is 0.360 e. The average molecular weight is 239 g/mol. The lowest BCUT2D eigenvalue weighted by Crippen LogP contribution is -1.76. The maximum atomic E-state index is 3.33. The lowest BCUT2D eigenvalue weighted by atomic mass is 10.1. The molecule has 1 N–H and O–H groups in total. The van der Waals surface area contributed by atoms with Crippen molar-refractivity contribution < 1.29 is 0 Å². The van der Waals surface area contributed by atoms with Gasteiger partial charge in [0.1, 0.15) is 0 Å². The highest BCUT2D eigenvalue weighted by molar-refractivity contribution is 7.99. The molecule has 0 spiro atoms. The molecule has 3 rings (SSSR count). The third-order valence-electron chi connectivity index (χ3n) is 2.85. The van der Waals surface area contributed by atoms with Crippen LogP contribution >= 0.6 is 11.8 Å². The van der Waals surface area contributed by atoms with Gasteiger partial charge in [-0.25, -0.2) is 0 Å². The highest BCUT2D eigenvalue weighted by Gasteiger charge is 2.06. The number of aromatic amines is 1. The lowest BCUT2D eigenvalue weighted by Gasteiger charge is -2.01. The van der Waals surface area contributed by atoms with Crippen LogP contribution in [0.4, 0.5) is 0 Å². The maximum absolute atomic E-state index is 3.33. The topological polar surface area (TPSA) is 15.8 Å². The first-order valence-corrected chi connectivity index (χ1v) is 6.46. The fourth-order valence-corrected chi connectivity index (χ4v) is 3.06. The first-order valence-electron chi connectivity index (χ1n) is 5.64. The van der Waals surface area contributed by atoms with Crippen molar-refractivity contribution in [1.82, 2.24) is 4.98 Å². The molecule has 1 heterocycles. The number of aromatic nitrogens is 1. The Bertz CT molecular complexity index is 640. The summed E-state index contributed by atoms with van der Waals surface area (Å²) in [5, 5.41) is 1.33. The van der Waals surface area contributed by atoms with Crippen LogP contribution in [0.2, 0.25) is 0 Å². The summed E-state index contributed by atoms with van der Waals surface area (Å²) in [6, 6.07) is 16.8. The van der Waals surface area contributed by atoms with Gasteiger partial charge in [0.05, 0.1) is 0 Å². The van der Waals surface area contributed by atoms with Crippen LogP contribution in [0.15, 0.2) is 64.5 Å². The Labute approximate surface area is 105 Å². The number of nitrogens with one attached hydrogen (secondary N) is 1. The number of H-pyrrole nitrogens is 1. The summed E-state index contributed by atoms with van der Waals surface area (Å²) >= 11 is 1.81. The molecule has 0 radical (unpaired) electrons. The van der Waals surface area contributed by atoms with Gasteiger partial charge in [0.15, 0.2) is 0 Å². The van der Waals surface area contributed by atoms with Crippen molar-refractivity contribution in [1.29, 1.82) is 0 Å².